The van der Waals surface area contributed by atoms with Gasteiger partial charge in [-0.1, -0.05) is 23.4 Å². The van der Waals surface area contributed by atoms with E-state index < -0.39 is 0 Å². The van der Waals surface area contributed by atoms with Gasteiger partial charge in [-0.3, -0.25) is 4.90 Å². The quantitative estimate of drug-likeness (QED) is 0.704. The number of nitrogens with zero attached hydrogens (tertiary/aromatic N) is 3. The number of fused-ring (bicyclic) bond motifs is 1. The van der Waals surface area contributed by atoms with Gasteiger partial charge in [-0.2, -0.15) is 4.98 Å². The normalized spacial score (nSPS) is 17.9. The van der Waals surface area contributed by atoms with E-state index in [4.69, 9.17) is 9.26 Å². The lowest BCUT2D eigenvalue weighted by Gasteiger charge is -2.24. The maximum Gasteiger partial charge on any atom is 0.327 e. The first-order chi connectivity index (χ1) is 14.1. The molecule has 2 amide bonds. The van der Waals surface area contributed by atoms with E-state index in [1.54, 1.807) is 12.0 Å². The summed E-state index contributed by atoms with van der Waals surface area (Å²) in [4.78, 5) is 19.6. The van der Waals surface area contributed by atoms with Crippen LogP contribution in [-0.4, -0.2) is 23.3 Å². The third kappa shape index (κ3) is 3.22. The predicted octanol–water partition coefficient (Wildman–Crippen LogP) is 4.60. The maximum atomic E-state index is 13.3. The van der Waals surface area contributed by atoms with Gasteiger partial charge >= 0.3 is 6.03 Å². The Morgan fingerprint density at radius 1 is 1.24 bits per heavy atom. The van der Waals surface area contributed by atoms with Gasteiger partial charge < -0.3 is 14.6 Å². The number of carbonyl (C=O) groups is 1. The van der Waals surface area contributed by atoms with Gasteiger partial charge in [-0.15, -0.1) is 0 Å². The van der Waals surface area contributed by atoms with Crippen molar-refractivity contribution < 1.29 is 14.1 Å². The number of aromatic nitrogens is 2. The molecule has 1 unspecified atom stereocenters. The molecule has 1 aliphatic carbocycles. The molecule has 2 aliphatic rings. The summed E-state index contributed by atoms with van der Waals surface area (Å²) in [6, 6.07) is 12.9. The first-order valence-electron chi connectivity index (χ1n) is 9.80. The van der Waals surface area contributed by atoms with Crippen LogP contribution >= 0.6 is 0 Å². The molecule has 7 heteroatoms. The number of aryl methyl sites for hydroxylation is 1. The van der Waals surface area contributed by atoms with Crippen molar-refractivity contribution >= 4 is 17.4 Å². The van der Waals surface area contributed by atoms with Crippen LogP contribution in [0.5, 0.6) is 5.75 Å². The topological polar surface area (TPSA) is 80.5 Å². The van der Waals surface area contributed by atoms with Crippen molar-refractivity contribution in [1.82, 2.24) is 10.1 Å². The van der Waals surface area contributed by atoms with Gasteiger partial charge in [0.05, 0.1) is 7.11 Å². The molecule has 1 atom stereocenters. The highest BCUT2D eigenvalue weighted by Crippen LogP contribution is 2.42. The highest BCUT2D eigenvalue weighted by Gasteiger charge is 2.39. The lowest BCUT2D eigenvalue weighted by Crippen LogP contribution is -2.36. The zero-order valence-corrected chi connectivity index (χ0v) is 16.4. The molecule has 5 rings (SSSR count). The summed E-state index contributed by atoms with van der Waals surface area (Å²) >= 11 is 0. The van der Waals surface area contributed by atoms with Crippen molar-refractivity contribution in [3.63, 3.8) is 0 Å². The van der Waals surface area contributed by atoms with Crippen LogP contribution in [0.3, 0.4) is 0 Å². The zero-order valence-electron chi connectivity index (χ0n) is 16.4. The Kier molecular flexibility index (Phi) is 4.23. The van der Waals surface area contributed by atoms with Crippen molar-refractivity contribution in [3.05, 3.63) is 65.3 Å². The molecule has 1 aliphatic heterocycles. The Bertz CT molecular complexity index is 1070. The van der Waals surface area contributed by atoms with Crippen LogP contribution in [0.2, 0.25) is 0 Å². The monoisotopic (exact) mass is 390 g/mol. The number of carbonyl (C=O) groups excluding carboxylic acids is 1. The van der Waals surface area contributed by atoms with E-state index in [1.165, 1.54) is 0 Å². The molecule has 29 heavy (non-hydrogen) atoms. The van der Waals surface area contributed by atoms with Crippen molar-refractivity contribution in [3.8, 4) is 5.75 Å². The lowest BCUT2D eigenvalue weighted by atomic mass is 10.1. The standard InChI is InChI=1S/C22H22N4O3/c1-13-11-16(28-2)9-10-17(13)23-22(27)26-18-6-4-3-5-15(18)12-19(26)21-24-20(25-29-21)14-7-8-14/h3-6,9-11,14,19H,7-8,12H2,1-2H3,(H,23,27). The highest BCUT2D eigenvalue weighted by molar-refractivity contribution is 6.04. The number of hydrogen-bond donors (Lipinski definition) is 1. The van der Waals surface area contributed by atoms with Crippen molar-refractivity contribution in [1.29, 1.82) is 0 Å². The predicted molar refractivity (Wildman–Crippen MR) is 108 cm³/mol. The van der Waals surface area contributed by atoms with Crippen LogP contribution in [0.1, 0.15) is 47.6 Å². The van der Waals surface area contributed by atoms with Gasteiger partial charge in [-0.05, 0) is 55.2 Å². The Balaban J connectivity index is 1.46. The Morgan fingerprint density at radius 2 is 2.07 bits per heavy atom. The molecule has 148 valence electrons. The molecule has 3 aromatic rings. The molecule has 1 fully saturated rings. The van der Waals surface area contributed by atoms with E-state index in [2.05, 4.69) is 15.5 Å². The third-order valence-corrected chi connectivity index (χ3v) is 5.56. The summed E-state index contributed by atoms with van der Waals surface area (Å²) in [7, 11) is 1.62. The molecule has 0 radical (unpaired) electrons. The number of anilines is 2. The summed E-state index contributed by atoms with van der Waals surface area (Å²) in [5.74, 6) is 2.40. The number of para-hydroxylation sites is 1. The number of ether oxygens (including phenoxy) is 1. The average Bonchev–Trinajstić information content (AvgIpc) is 3.33. The highest BCUT2D eigenvalue weighted by atomic mass is 16.5. The molecule has 7 nitrogen and oxygen atoms in total. The SMILES string of the molecule is COc1ccc(NC(=O)N2c3ccccc3CC2c2nc(C3CC3)no2)c(C)c1. The van der Waals surface area contributed by atoms with Crippen LogP contribution < -0.4 is 15.0 Å². The second kappa shape index (κ2) is 6.92. The number of methoxy groups -OCH3 is 1. The maximum absolute atomic E-state index is 13.3. The minimum absolute atomic E-state index is 0.223. The van der Waals surface area contributed by atoms with Crippen molar-refractivity contribution in [2.75, 3.05) is 17.3 Å². The summed E-state index contributed by atoms with van der Waals surface area (Å²) < 4.78 is 10.8. The van der Waals surface area contributed by atoms with Crippen LogP contribution in [0, 0.1) is 6.92 Å². The Labute approximate surface area is 168 Å². The molecule has 1 aromatic heterocycles. The van der Waals surface area contributed by atoms with Crippen molar-refractivity contribution in [2.24, 2.45) is 0 Å². The first kappa shape index (κ1) is 17.7. The molecule has 0 saturated heterocycles. The number of nitrogens with one attached hydrogen (secondary N) is 1. The number of hydrogen-bond acceptors (Lipinski definition) is 5. The van der Waals surface area contributed by atoms with Crippen molar-refractivity contribution in [2.45, 2.75) is 38.1 Å². The molecule has 1 saturated carbocycles. The minimum Gasteiger partial charge on any atom is -0.497 e. The van der Waals surface area contributed by atoms with E-state index in [1.807, 2.05) is 49.4 Å². The van der Waals surface area contributed by atoms with Crippen LogP contribution in [0.25, 0.3) is 0 Å². The van der Waals surface area contributed by atoms with Gasteiger partial charge in [0.2, 0.25) is 5.89 Å². The average molecular weight is 390 g/mol. The largest absolute Gasteiger partial charge is 0.497 e. The summed E-state index contributed by atoms with van der Waals surface area (Å²) in [6.07, 6.45) is 2.85. The van der Waals surface area contributed by atoms with E-state index >= 15 is 0 Å². The summed E-state index contributed by atoms with van der Waals surface area (Å²) in [5.41, 5.74) is 3.62. The number of rotatable bonds is 4. The van der Waals surface area contributed by atoms with Crippen LogP contribution in [-0.2, 0) is 6.42 Å². The molecule has 0 bridgehead atoms. The fraction of sp³-hybridized carbons (Fsp3) is 0.318. The van der Waals surface area contributed by atoms with E-state index in [0.717, 1.165) is 46.9 Å². The Morgan fingerprint density at radius 3 is 2.83 bits per heavy atom. The fourth-order valence-corrected chi connectivity index (χ4v) is 3.80. The third-order valence-electron chi connectivity index (χ3n) is 5.56. The molecular formula is C22H22N4O3. The Hall–Kier alpha value is -3.35. The minimum atomic E-state index is -0.314. The first-order valence-corrected chi connectivity index (χ1v) is 9.80. The van der Waals surface area contributed by atoms with E-state index in [9.17, 15) is 4.79 Å². The van der Waals surface area contributed by atoms with Gasteiger partial charge in [0.25, 0.3) is 0 Å². The smallest absolute Gasteiger partial charge is 0.327 e. The fourth-order valence-electron chi connectivity index (χ4n) is 3.80. The second-order valence-electron chi connectivity index (χ2n) is 7.59. The van der Waals surface area contributed by atoms with Crippen LogP contribution in [0.4, 0.5) is 16.2 Å². The zero-order chi connectivity index (χ0) is 20.0. The molecule has 0 spiro atoms. The lowest BCUT2D eigenvalue weighted by molar-refractivity contribution is 0.253. The van der Waals surface area contributed by atoms with Gasteiger partial charge in [0.1, 0.15) is 11.8 Å². The number of benzene rings is 2. The van der Waals surface area contributed by atoms with E-state index in [0.29, 0.717) is 18.2 Å². The summed E-state index contributed by atoms with van der Waals surface area (Å²) in [6.45, 7) is 1.94. The van der Waals surface area contributed by atoms with Crippen LogP contribution in [0.15, 0.2) is 47.0 Å². The number of amides is 2. The molecular weight excluding hydrogens is 368 g/mol. The molecule has 2 aromatic carbocycles. The number of urea groups is 1. The van der Waals surface area contributed by atoms with Gasteiger partial charge in [0.15, 0.2) is 5.82 Å². The van der Waals surface area contributed by atoms with Gasteiger partial charge in [0, 0.05) is 23.7 Å². The summed E-state index contributed by atoms with van der Waals surface area (Å²) in [5, 5.41) is 7.17. The second-order valence-corrected chi connectivity index (χ2v) is 7.59. The molecule has 2 heterocycles. The molecule has 1 N–H and O–H groups in total. The van der Waals surface area contributed by atoms with Gasteiger partial charge in [-0.25, -0.2) is 4.79 Å². The van der Waals surface area contributed by atoms with E-state index in [-0.39, 0.29) is 12.1 Å².